The zero-order valence-corrected chi connectivity index (χ0v) is 7.18. The Hall–Kier alpha value is -1.05. The number of hydrogen-bond donors (Lipinski definition) is 1. The summed E-state index contributed by atoms with van der Waals surface area (Å²) in [4.78, 5) is 0. The Balaban J connectivity index is 2.78. The standard InChI is InChI=1S/C10H13FO/c1-8-9(5-3-7-11)4-2-6-10(8)12/h2,4,6,12H,3,5,7H2,1H3. The average molecular weight is 168 g/mol. The smallest absolute Gasteiger partial charge is 0.118 e. The number of hydrogen-bond acceptors (Lipinski definition) is 1. The van der Waals surface area contributed by atoms with Crippen molar-refractivity contribution in [1.29, 1.82) is 0 Å². The first-order valence-corrected chi connectivity index (χ1v) is 4.09. The fourth-order valence-corrected chi connectivity index (χ4v) is 1.20. The van der Waals surface area contributed by atoms with Crippen molar-refractivity contribution >= 4 is 0 Å². The van der Waals surface area contributed by atoms with Crippen LogP contribution in [-0.2, 0) is 6.42 Å². The van der Waals surface area contributed by atoms with Crippen molar-refractivity contribution in [2.24, 2.45) is 0 Å². The van der Waals surface area contributed by atoms with Gasteiger partial charge in [-0.25, -0.2) is 0 Å². The number of phenolic OH excluding ortho intramolecular Hbond substituents is 1. The predicted molar refractivity (Wildman–Crippen MR) is 47.1 cm³/mol. The minimum absolute atomic E-state index is 0.297. The molecule has 1 rings (SSSR count). The predicted octanol–water partition coefficient (Wildman–Crippen LogP) is 2.60. The molecule has 0 heterocycles. The van der Waals surface area contributed by atoms with Gasteiger partial charge >= 0.3 is 0 Å². The van der Waals surface area contributed by atoms with Crippen LogP contribution < -0.4 is 0 Å². The summed E-state index contributed by atoms with van der Waals surface area (Å²) in [6.07, 6.45) is 1.24. The number of halogens is 1. The maximum absolute atomic E-state index is 11.8. The summed E-state index contributed by atoms with van der Waals surface area (Å²) in [5.41, 5.74) is 1.90. The van der Waals surface area contributed by atoms with Crippen LogP contribution in [-0.4, -0.2) is 11.8 Å². The van der Waals surface area contributed by atoms with E-state index in [9.17, 15) is 9.50 Å². The number of alkyl halides is 1. The lowest BCUT2D eigenvalue weighted by Crippen LogP contribution is -1.90. The van der Waals surface area contributed by atoms with E-state index in [4.69, 9.17) is 0 Å². The third-order valence-electron chi connectivity index (χ3n) is 2.00. The molecule has 0 spiro atoms. The van der Waals surface area contributed by atoms with Gasteiger partial charge in [-0.3, -0.25) is 4.39 Å². The molecule has 1 aromatic carbocycles. The number of aromatic hydroxyl groups is 1. The Bertz CT molecular complexity index is 258. The first kappa shape index (κ1) is 9.04. The summed E-state index contributed by atoms with van der Waals surface area (Å²) in [5, 5.41) is 9.31. The summed E-state index contributed by atoms with van der Waals surface area (Å²) in [6.45, 7) is 1.55. The van der Waals surface area contributed by atoms with Crippen molar-refractivity contribution in [2.45, 2.75) is 19.8 Å². The molecular formula is C10H13FO. The van der Waals surface area contributed by atoms with Gasteiger partial charge in [0.2, 0.25) is 0 Å². The van der Waals surface area contributed by atoms with Crippen molar-refractivity contribution in [3.05, 3.63) is 29.3 Å². The maximum Gasteiger partial charge on any atom is 0.118 e. The SMILES string of the molecule is Cc1c(O)cccc1CCCF. The Labute approximate surface area is 71.9 Å². The van der Waals surface area contributed by atoms with Crippen LogP contribution in [0, 0.1) is 6.92 Å². The highest BCUT2D eigenvalue weighted by Crippen LogP contribution is 2.20. The Kier molecular flexibility index (Phi) is 3.09. The van der Waals surface area contributed by atoms with Gasteiger partial charge in [-0.2, -0.15) is 0 Å². The van der Waals surface area contributed by atoms with Crippen molar-refractivity contribution < 1.29 is 9.50 Å². The fourth-order valence-electron chi connectivity index (χ4n) is 1.20. The molecule has 0 saturated carbocycles. The van der Waals surface area contributed by atoms with Crippen LogP contribution in [0.25, 0.3) is 0 Å². The highest BCUT2D eigenvalue weighted by molar-refractivity contribution is 5.37. The van der Waals surface area contributed by atoms with Crippen LogP contribution in [0.15, 0.2) is 18.2 Å². The Morgan fingerprint density at radius 3 is 2.83 bits per heavy atom. The maximum atomic E-state index is 11.8. The van der Waals surface area contributed by atoms with E-state index in [0.717, 1.165) is 11.1 Å². The van der Waals surface area contributed by atoms with Gasteiger partial charge in [0.05, 0.1) is 6.67 Å². The lowest BCUT2D eigenvalue weighted by atomic mass is 10.0. The summed E-state index contributed by atoms with van der Waals surface area (Å²) >= 11 is 0. The summed E-state index contributed by atoms with van der Waals surface area (Å²) in [5.74, 6) is 0.298. The molecule has 0 atom stereocenters. The molecule has 0 radical (unpaired) electrons. The number of rotatable bonds is 3. The first-order valence-electron chi connectivity index (χ1n) is 4.09. The van der Waals surface area contributed by atoms with Gasteiger partial charge in [-0.1, -0.05) is 12.1 Å². The van der Waals surface area contributed by atoms with E-state index in [1.165, 1.54) is 0 Å². The van der Waals surface area contributed by atoms with Crippen molar-refractivity contribution in [3.63, 3.8) is 0 Å². The van der Waals surface area contributed by atoms with Gasteiger partial charge in [0.25, 0.3) is 0 Å². The number of benzene rings is 1. The van der Waals surface area contributed by atoms with Crippen molar-refractivity contribution in [1.82, 2.24) is 0 Å². The van der Waals surface area contributed by atoms with E-state index < -0.39 is 0 Å². The molecule has 0 bridgehead atoms. The van der Waals surface area contributed by atoms with Gasteiger partial charge in [-0.15, -0.1) is 0 Å². The average Bonchev–Trinajstić information content (AvgIpc) is 2.08. The minimum atomic E-state index is -0.297. The summed E-state index contributed by atoms with van der Waals surface area (Å²) < 4.78 is 11.8. The lowest BCUT2D eigenvalue weighted by molar-refractivity contribution is 0.463. The molecule has 1 aromatic rings. The van der Waals surface area contributed by atoms with E-state index in [0.29, 0.717) is 18.6 Å². The van der Waals surface area contributed by atoms with Crippen LogP contribution >= 0.6 is 0 Å². The molecule has 0 aromatic heterocycles. The Morgan fingerprint density at radius 1 is 1.42 bits per heavy atom. The van der Waals surface area contributed by atoms with Gasteiger partial charge < -0.3 is 5.11 Å². The molecule has 66 valence electrons. The summed E-state index contributed by atoms with van der Waals surface area (Å²) in [6, 6.07) is 5.36. The monoisotopic (exact) mass is 168 g/mol. The third kappa shape index (κ3) is 1.97. The number of phenols is 1. The second-order valence-electron chi connectivity index (χ2n) is 2.85. The zero-order valence-electron chi connectivity index (χ0n) is 7.18. The second-order valence-corrected chi connectivity index (χ2v) is 2.85. The van der Waals surface area contributed by atoms with Crippen LogP contribution in [0.2, 0.25) is 0 Å². The normalized spacial score (nSPS) is 10.2. The van der Waals surface area contributed by atoms with E-state index in [2.05, 4.69) is 0 Å². The summed E-state index contributed by atoms with van der Waals surface area (Å²) in [7, 11) is 0. The fraction of sp³-hybridized carbons (Fsp3) is 0.400. The lowest BCUT2D eigenvalue weighted by Gasteiger charge is -2.05. The van der Waals surface area contributed by atoms with Crippen LogP contribution in [0.5, 0.6) is 5.75 Å². The van der Waals surface area contributed by atoms with E-state index in [1.54, 1.807) is 12.1 Å². The highest BCUT2D eigenvalue weighted by Gasteiger charge is 2.01. The van der Waals surface area contributed by atoms with Crippen molar-refractivity contribution in [2.75, 3.05) is 6.67 Å². The minimum Gasteiger partial charge on any atom is -0.508 e. The second kappa shape index (κ2) is 4.10. The van der Waals surface area contributed by atoms with Gasteiger partial charge in [0.15, 0.2) is 0 Å². The van der Waals surface area contributed by atoms with Crippen molar-refractivity contribution in [3.8, 4) is 5.75 Å². The van der Waals surface area contributed by atoms with E-state index in [-0.39, 0.29) is 6.67 Å². The quantitative estimate of drug-likeness (QED) is 0.735. The zero-order chi connectivity index (χ0) is 8.97. The van der Waals surface area contributed by atoms with Crippen LogP contribution in [0.3, 0.4) is 0 Å². The molecule has 2 heteroatoms. The van der Waals surface area contributed by atoms with Gasteiger partial charge in [0, 0.05) is 0 Å². The third-order valence-corrected chi connectivity index (χ3v) is 2.00. The Morgan fingerprint density at radius 2 is 2.17 bits per heavy atom. The molecule has 0 aliphatic carbocycles. The molecule has 0 amide bonds. The molecule has 0 fully saturated rings. The molecule has 0 aliphatic heterocycles. The molecule has 1 nitrogen and oxygen atoms in total. The van der Waals surface area contributed by atoms with E-state index in [1.807, 2.05) is 13.0 Å². The molecule has 12 heavy (non-hydrogen) atoms. The van der Waals surface area contributed by atoms with E-state index >= 15 is 0 Å². The van der Waals surface area contributed by atoms with Gasteiger partial charge in [0.1, 0.15) is 5.75 Å². The highest BCUT2D eigenvalue weighted by atomic mass is 19.1. The molecule has 0 saturated heterocycles. The van der Waals surface area contributed by atoms with Gasteiger partial charge in [-0.05, 0) is 37.0 Å². The molecule has 0 aliphatic rings. The number of aryl methyl sites for hydroxylation is 1. The first-order chi connectivity index (χ1) is 5.75. The van der Waals surface area contributed by atoms with Crippen LogP contribution in [0.4, 0.5) is 4.39 Å². The topological polar surface area (TPSA) is 20.2 Å². The van der Waals surface area contributed by atoms with Crippen LogP contribution in [0.1, 0.15) is 17.5 Å². The largest absolute Gasteiger partial charge is 0.508 e. The molecule has 0 unspecified atom stereocenters. The molecular weight excluding hydrogens is 155 g/mol. The molecule has 1 N–H and O–H groups in total.